The van der Waals surface area contributed by atoms with Crippen LogP contribution in [0, 0.1) is 28.6 Å². The fourth-order valence-electron chi connectivity index (χ4n) is 9.43. The predicted molar refractivity (Wildman–Crippen MR) is 204 cm³/mol. The lowest BCUT2D eigenvalue weighted by Crippen LogP contribution is -2.65. The monoisotopic (exact) mass is 759 g/mol. The summed E-state index contributed by atoms with van der Waals surface area (Å²) in [7, 11) is -3.57. The molecule has 5 aliphatic rings. The lowest BCUT2D eigenvalue weighted by atomic mass is 9.70. The summed E-state index contributed by atoms with van der Waals surface area (Å²) in [4.78, 5) is 71.1. The van der Waals surface area contributed by atoms with Gasteiger partial charge in [0.1, 0.15) is 12.1 Å². The Labute approximate surface area is 317 Å². The maximum absolute atomic E-state index is 14.9. The van der Waals surface area contributed by atoms with Crippen molar-refractivity contribution in [2.45, 2.75) is 160 Å². The SMILES string of the molecule is C=CCNC(=O)C(=O)[C@@H](CCC1CC1)NC(=O)[C@@H]1[C@@H]2[C@H](CN1C(=O)[C@@H](NC(=O)NC1(CS(=O)(=O)C(C)(C)C)CCCCC1)C1(C)CCCCC1)C2(C)C. The molecule has 0 spiro atoms. The minimum Gasteiger partial charge on any atom is -0.346 e. The quantitative estimate of drug-likeness (QED) is 0.140. The van der Waals surface area contributed by atoms with E-state index in [1.165, 1.54) is 6.08 Å². The van der Waals surface area contributed by atoms with Crippen LogP contribution in [0.3, 0.4) is 0 Å². The average Bonchev–Trinajstić information content (AvgIpc) is 3.95. The molecule has 5 rings (SSSR count). The van der Waals surface area contributed by atoms with E-state index in [1.54, 1.807) is 25.7 Å². The second-order valence-electron chi connectivity index (χ2n) is 18.8. The number of Topliss-reactive ketones (excluding diaryl/α,β-unsaturated/α-hetero) is 1. The zero-order valence-corrected chi connectivity index (χ0v) is 33.8. The number of urea groups is 1. The third-order valence-electron chi connectivity index (χ3n) is 13.4. The molecule has 0 aromatic rings. The van der Waals surface area contributed by atoms with Crippen molar-refractivity contribution in [3.63, 3.8) is 0 Å². The number of sulfone groups is 1. The second kappa shape index (κ2) is 15.6. The van der Waals surface area contributed by atoms with Gasteiger partial charge in [-0.05, 0) is 87.9 Å². The molecule has 5 fully saturated rings. The largest absolute Gasteiger partial charge is 0.346 e. The van der Waals surface area contributed by atoms with E-state index < -0.39 is 67.3 Å². The zero-order chi connectivity index (χ0) is 39.0. The molecule has 4 N–H and O–H groups in total. The zero-order valence-electron chi connectivity index (χ0n) is 33.0. The number of fused-ring (bicyclic) bond motifs is 1. The molecule has 4 aliphatic carbocycles. The van der Waals surface area contributed by atoms with Crippen LogP contribution in [-0.4, -0.2) is 90.1 Å². The van der Waals surface area contributed by atoms with Gasteiger partial charge in [0.05, 0.1) is 22.1 Å². The molecule has 5 amide bonds. The summed E-state index contributed by atoms with van der Waals surface area (Å²) in [6.07, 6.45) is 12.5. The molecule has 4 saturated carbocycles. The number of rotatable bonds is 15. The highest BCUT2D eigenvalue weighted by Crippen LogP contribution is 2.65. The van der Waals surface area contributed by atoms with Crippen molar-refractivity contribution in [3.8, 4) is 0 Å². The van der Waals surface area contributed by atoms with Crippen molar-refractivity contribution in [2.24, 2.45) is 28.6 Å². The highest BCUT2D eigenvalue weighted by Gasteiger charge is 2.70. The van der Waals surface area contributed by atoms with Crippen LogP contribution < -0.4 is 21.3 Å². The maximum atomic E-state index is 14.9. The molecule has 298 valence electrons. The van der Waals surface area contributed by atoms with Gasteiger partial charge >= 0.3 is 6.03 Å². The maximum Gasteiger partial charge on any atom is 0.315 e. The van der Waals surface area contributed by atoms with Crippen LogP contribution in [0.2, 0.25) is 0 Å². The van der Waals surface area contributed by atoms with Gasteiger partial charge in [-0.3, -0.25) is 19.2 Å². The van der Waals surface area contributed by atoms with Crippen LogP contribution in [-0.2, 0) is 29.0 Å². The Morgan fingerprint density at radius 2 is 1.51 bits per heavy atom. The van der Waals surface area contributed by atoms with Crippen molar-refractivity contribution in [2.75, 3.05) is 18.8 Å². The van der Waals surface area contributed by atoms with E-state index in [-0.39, 0.29) is 35.5 Å². The lowest BCUT2D eigenvalue weighted by Gasteiger charge is -2.44. The molecule has 5 atom stereocenters. The van der Waals surface area contributed by atoms with Gasteiger partial charge in [-0.25, -0.2) is 13.2 Å². The van der Waals surface area contributed by atoms with Gasteiger partial charge in [-0.2, -0.15) is 0 Å². The molecule has 53 heavy (non-hydrogen) atoms. The molecule has 1 heterocycles. The molecule has 1 saturated heterocycles. The minimum atomic E-state index is -3.57. The number of carbonyl (C=O) groups is 5. The standard InChI is InChI=1S/C40H65N5O7S/c1-8-23-41-34(48)31(46)28(18-17-26-15-16-26)42-33(47)30-29-27(38(29,5)6)24-45(30)35(49)32(39(7)19-11-9-12-20-39)43-36(50)44-40(21-13-10-14-22-40)25-53(51,52)37(2,3)4/h8,26-30,32H,1,9-25H2,2-7H3,(H,41,48)(H,42,47)(H2,43,44,50)/t27-,28+,29-,30-,32+/m0/s1. The highest BCUT2D eigenvalue weighted by molar-refractivity contribution is 7.92. The Balaban J connectivity index is 1.39. The topological polar surface area (TPSA) is 171 Å². The predicted octanol–water partition coefficient (Wildman–Crippen LogP) is 4.57. The molecule has 13 heteroatoms. The van der Waals surface area contributed by atoms with Gasteiger partial charge in [0.2, 0.25) is 17.6 Å². The van der Waals surface area contributed by atoms with Crippen molar-refractivity contribution >= 4 is 39.4 Å². The fraction of sp³-hybridized carbons (Fsp3) is 0.825. The molecule has 0 radical (unpaired) electrons. The van der Waals surface area contributed by atoms with Crippen molar-refractivity contribution in [1.82, 2.24) is 26.2 Å². The van der Waals surface area contributed by atoms with Gasteiger partial charge in [0.15, 0.2) is 9.84 Å². The summed E-state index contributed by atoms with van der Waals surface area (Å²) in [6, 6.07) is -3.40. The number of carbonyl (C=O) groups excluding carboxylic acids is 5. The third kappa shape index (κ3) is 9.13. The summed E-state index contributed by atoms with van der Waals surface area (Å²) >= 11 is 0. The fourth-order valence-corrected chi connectivity index (χ4v) is 10.9. The Bertz CT molecular complexity index is 1540. The molecule has 0 unspecified atom stereocenters. The van der Waals surface area contributed by atoms with E-state index in [0.717, 1.165) is 51.4 Å². The number of likely N-dealkylation sites (tertiary alicyclic amines) is 1. The number of hydrogen-bond acceptors (Lipinski definition) is 7. The molecule has 0 aromatic carbocycles. The summed E-state index contributed by atoms with van der Waals surface area (Å²) < 4.78 is 25.9. The molecule has 0 aromatic heterocycles. The Hall–Kier alpha value is -2.96. The van der Waals surface area contributed by atoms with Crippen LogP contribution >= 0.6 is 0 Å². The third-order valence-corrected chi connectivity index (χ3v) is 16.2. The Kier molecular flexibility index (Phi) is 12.2. The minimum absolute atomic E-state index is 0.0699. The van der Waals surface area contributed by atoms with Gasteiger partial charge in [-0.15, -0.1) is 6.58 Å². The summed E-state index contributed by atoms with van der Waals surface area (Å²) in [6.45, 7) is 15.3. The summed E-state index contributed by atoms with van der Waals surface area (Å²) in [5.74, 6) is -2.04. The van der Waals surface area contributed by atoms with Crippen molar-refractivity contribution in [1.29, 1.82) is 0 Å². The Morgan fingerprint density at radius 1 is 0.906 bits per heavy atom. The van der Waals surface area contributed by atoms with Crippen LogP contribution in [0.15, 0.2) is 12.7 Å². The Morgan fingerprint density at radius 3 is 2.08 bits per heavy atom. The second-order valence-corrected chi connectivity index (χ2v) is 21.5. The first-order chi connectivity index (χ1) is 24.8. The van der Waals surface area contributed by atoms with Crippen molar-refractivity contribution < 1.29 is 32.4 Å². The van der Waals surface area contributed by atoms with Gasteiger partial charge in [0.25, 0.3) is 5.91 Å². The number of nitrogens with one attached hydrogen (secondary N) is 4. The highest BCUT2D eigenvalue weighted by atomic mass is 32.2. The lowest BCUT2D eigenvalue weighted by molar-refractivity contribution is -0.146. The molecule has 12 nitrogen and oxygen atoms in total. The number of hydrogen-bond donors (Lipinski definition) is 4. The van der Waals surface area contributed by atoms with Crippen LogP contribution in [0.4, 0.5) is 4.79 Å². The molecule has 0 bridgehead atoms. The first-order valence-corrected chi connectivity index (χ1v) is 21.8. The normalized spacial score (nSPS) is 27.0. The number of piperidine rings is 1. The first-order valence-electron chi connectivity index (χ1n) is 20.1. The van der Waals surface area contributed by atoms with E-state index in [1.807, 2.05) is 6.92 Å². The number of nitrogens with zero attached hydrogens (tertiary/aromatic N) is 1. The summed E-state index contributed by atoms with van der Waals surface area (Å²) in [5.41, 5.74) is -1.73. The van der Waals surface area contributed by atoms with Crippen LogP contribution in [0.5, 0.6) is 0 Å². The van der Waals surface area contributed by atoms with Gasteiger partial charge < -0.3 is 26.2 Å². The van der Waals surface area contributed by atoms with E-state index >= 15 is 0 Å². The van der Waals surface area contributed by atoms with E-state index in [0.29, 0.717) is 51.0 Å². The van der Waals surface area contributed by atoms with Gasteiger partial charge in [0, 0.05) is 13.1 Å². The smallest absolute Gasteiger partial charge is 0.315 e. The number of amides is 5. The average molecular weight is 760 g/mol. The molecular weight excluding hydrogens is 695 g/mol. The number of ketones is 1. The first kappa shape index (κ1) is 41.2. The van der Waals surface area contributed by atoms with E-state index in [9.17, 15) is 32.4 Å². The molecular formula is C40H65N5O7S. The van der Waals surface area contributed by atoms with Crippen LogP contribution in [0.25, 0.3) is 0 Å². The van der Waals surface area contributed by atoms with Crippen LogP contribution in [0.1, 0.15) is 131 Å². The van der Waals surface area contributed by atoms with E-state index in [2.05, 4.69) is 41.7 Å². The van der Waals surface area contributed by atoms with E-state index in [4.69, 9.17) is 0 Å². The summed E-state index contributed by atoms with van der Waals surface area (Å²) in [5, 5.41) is 11.6. The van der Waals surface area contributed by atoms with Crippen molar-refractivity contribution in [3.05, 3.63) is 12.7 Å². The van der Waals surface area contributed by atoms with Gasteiger partial charge in [-0.1, -0.05) is 78.2 Å². The molecule has 1 aliphatic heterocycles.